The van der Waals surface area contributed by atoms with Crippen molar-refractivity contribution in [2.75, 3.05) is 38.1 Å². The molecule has 4 nitrogen and oxygen atoms in total. The molecule has 1 aromatic heterocycles. The van der Waals surface area contributed by atoms with Crippen LogP contribution < -0.4 is 9.80 Å². The van der Waals surface area contributed by atoms with Gasteiger partial charge >= 0.3 is 0 Å². The zero-order valence-electron chi connectivity index (χ0n) is 8.50. The molecule has 82 valence electrons. The summed E-state index contributed by atoms with van der Waals surface area (Å²) >= 11 is 11.8. The maximum Gasteiger partial charge on any atom is 0.175 e. The average molecular weight is 248 g/mol. The average Bonchev–Trinajstić information content (AvgIpc) is 2.23. The first kappa shape index (κ1) is 10.9. The second kappa shape index (κ2) is 4.51. The number of hydrogen-bond acceptors (Lipinski definition) is 3. The van der Waals surface area contributed by atoms with Crippen molar-refractivity contribution in [3.05, 3.63) is 16.4 Å². The zero-order chi connectivity index (χ0) is 10.8. The summed E-state index contributed by atoms with van der Waals surface area (Å²) in [7, 11) is 2.19. The van der Waals surface area contributed by atoms with Crippen molar-refractivity contribution >= 4 is 28.9 Å². The summed E-state index contributed by atoms with van der Waals surface area (Å²) in [5.41, 5.74) is 0.893. The van der Waals surface area contributed by atoms with Crippen LogP contribution in [0.3, 0.4) is 0 Å². The minimum atomic E-state index is 0.390. The summed E-state index contributed by atoms with van der Waals surface area (Å²) in [6.07, 6.45) is 0. The van der Waals surface area contributed by atoms with Crippen LogP contribution in [0.25, 0.3) is 0 Å². The van der Waals surface area contributed by atoms with Crippen molar-refractivity contribution in [1.29, 1.82) is 0 Å². The number of rotatable bonds is 1. The third-order valence-corrected chi connectivity index (χ3v) is 3.11. The number of piperazine rings is 1. The van der Waals surface area contributed by atoms with Crippen LogP contribution in [0.1, 0.15) is 0 Å². The molecule has 2 heterocycles. The molecule has 1 aliphatic rings. The molecule has 1 saturated heterocycles. The number of quaternary nitrogens is 1. The Morgan fingerprint density at radius 3 is 2.60 bits per heavy atom. The maximum atomic E-state index is 5.99. The molecule has 1 fully saturated rings. The monoisotopic (exact) mass is 247 g/mol. The fourth-order valence-corrected chi connectivity index (χ4v) is 2.05. The van der Waals surface area contributed by atoms with Gasteiger partial charge in [-0.3, -0.25) is 0 Å². The normalized spacial score (nSPS) is 18.2. The largest absolute Gasteiger partial charge is 0.358 e. The van der Waals surface area contributed by atoms with E-state index in [9.17, 15) is 0 Å². The van der Waals surface area contributed by atoms with Crippen molar-refractivity contribution in [3.63, 3.8) is 0 Å². The molecular formula is C9H13Cl2N4+. The fraction of sp³-hybridized carbons (Fsp3) is 0.556. The topological polar surface area (TPSA) is 33.5 Å². The number of halogens is 2. The number of nitrogens with zero attached hydrogens (tertiary/aromatic N) is 3. The molecule has 0 aliphatic carbocycles. The summed E-state index contributed by atoms with van der Waals surface area (Å²) in [4.78, 5) is 3.74. The third-order valence-electron chi connectivity index (χ3n) is 2.66. The van der Waals surface area contributed by atoms with Crippen molar-refractivity contribution in [2.45, 2.75) is 0 Å². The Bertz CT molecular complexity index is 350. The molecule has 6 heteroatoms. The van der Waals surface area contributed by atoms with Crippen LogP contribution >= 0.6 is 23.2 Å². The van der Waals surface area contributed by atoms with Gasteiger partial charge in [0.05, 0.1) is 38.9 Å². The molecular weight excluding hydrogens is 235 g/mol. The Balaban J connectivity index is 2.18. The highest BCUT2D eigenvalue weighted by Crippen LogP contribution is 2.24. The van der Waals surface area contributed by atoms with E-state index in [0.717, 1.165) is 31.9 Å². The van der Waals surface area contributed by atoms with E-state index in [0.29, 0.717) is 10.3 Å². The van der Waals surface area contributed by atoms with E-state index < -0.39 is 0 Å². The van der Waals surface area contributed by atoms with Gasteiger partial charge in [0.25, 0.3) is 0 Å². The number of nitrogens with one attached hydrogen (secondary N) is 1. The molecule has 1 aliphatic heterocycles. The lowest BCUT2D eigenvalue weighted by Crippen LogP contribution is -3.12. The van der Waals surface area contributed by atoms with E-state index in [1.807, 2.05) is 0 Å². The molecule has 2 rings (SSSR count). The summed E-state index contributed by atoms with van der Waals surface area (Å²) in [6, 6.07) is 1.78. The lowest BCUT2D eigenvalue weighted by Gasteiger charge is -2.31. The SMILES string of the molecule is C[NH+]1CCN(c2cc(Cl)nnc2Cl)CC1. The Hall–Kier alpha value is -0.580. The van der Waals surface area contributed by atoms with Crippen LogP contribution in [0.15, 0.2) is 6.07 Å². The molecule has 0 atom stereocenters. The van der Waals surface area contributed by atoms with Gasteiger partial charge < -0.3 is 9.80 Å². The van der Waals surface area contributed by atoms with Crippen molar-refractivity contribution in [3.8, 4) is 0 Å². The predicted octanol–water partition coefficient (Wildman–Crippen LogP) is 0.118. The van der Waals surface area contributed by atoms with Crippen LogP contribution in [-0.2, 0) is 0 Å². The van der Waals surface area contributed by atoms with Gasteiger partial charge in [-0.15, -0.1) is 10.2 Å². The lowest BCUT2D eigenvalue weighted by atomic mass is 10.3. The van der Waals surface area contributed by atoms with Gasteiger partial charge in [-0.1, -0.05) is 23.2 Å². The third kappa shape index (κ3) is 2.51. The van der Waals surface area contributed by atoms with Crippen molar-refractivity contribution < 1.29 is 4.90 Å². The first-order chi connectivity index (χ1) is 7.16. The van der Waals surface area contributed by atoms with Crippen molar-refractivity contribution in [1.82, 2.24) is 10.2 Å². The second-order valence-corrected chi connectivity index (χ2v) is 4.53. The molecule has 1 N–H and O–H groups in total. The Labute approximate surface area is 98.8 Å². The Kier molecular flexibility index (Phi) is 3.29. The van der Waals surface area contributed by atoms with Crippen LogP contribution in [0.5, 0.6) is 0 Å². The van der Waals surface area contributed by atoms with Gasteiger partial charge in [0.15, 0.2) is 10.3 Å². The molecule has 0 amide bonds. The Morgan fingerprint density at radius 2 is 1.93 bits per heavy atom. The second-order valence-electron chi connectivity index (χ2n) is 3.79. The molecule has 15 heavy (non-hydrogen) atoms. The minimum Gasteiger partial charge on any atom is -0.358 e. The van der Waals surface area contributed by atoms with E-state index in [4.69, 9.17) is 23.2 Å². The number of likely N-dealkylation sites (N-methyl/N-ethyl adjacent to an activating group) is 1. The molecule has 0 radical (unpaired) electrons. The van der Waals surface area contributed by atoms with E-state index in [1.165, 1.54) is 4.90 Å². The first-order valence-electron chi connectivity index (χ1n) is 4.92. The highest BCUT2D eigenvalue weighted by Gasteiger charge is 2.19. The van der Waals surface area contributed by atoms with Gasteiger partial charge in [-0.05, 0) is 0 Å². The van der Waals surface area contributed by atoms with Crippen LogP contribution in [0.4, 0.5) is 5.69 Å². The standard InChI is InChI=1S/C9H12Cl2N4/c1-14-2-4-15(5-3-14)7-6-8(10)12-13-9(7)11/h6H,2-5H2,1H3/p+1. The van der Waals surface area contributed by atoms with Gasteiger partial charge in [-0.25, -0.2) is 0 Å². The number of anilines is 1. The first-order valence-corrected chi connectivity index (χ1v) is 5.67. The van der Waals surface area contributed by atoms with E-state index in [1.54, 1.807) is 6.07 Å². The predicted molar refractivity (Wildman–Crippen MR) is 60.9 cm³/mol. The summed E-state index contributed by atoms with van der Waals surface area (Å²) in [5.74, 6) is 0. The number of aromatic nitrogens is 2. The molecule has 0 bridgehead atoms. The molecule has 0 saturated carbocycles. The van der Waals surface area contributed by atoms with Crippen LogP contribution in [0.2, 0.25) is 10.3 Å². The molecule has 0 spiro atoms. The lowest BCUT2D eigenvalue weighted by molar-refractivity contribution is -0.880. The smallest absolute Gasteiger partial charge is 0.175 e. The summed E-state index contributed by atoms with van der Waals surface area (Å²) in [5, 5.41) is 8.33. The fourth-order valence-electron chi connectivity index (χ4n) is 1.70. The van der Waals surface area contributed by atoms with Gasteiger partial charge in [0, 0.05) is 6.07 Å². The molecule has 0 aromatic carbocycles. The maximum absolute atomic E-state index is 5.99. The summed E-state index contributed by atoms with van der Waals surface area (Å²) in [6.45, 7) is 4.17. The minimum absolute atomic E-state index is 0.390. The quantitative estimate of drug-likeness (QED) is 0.766. The van der Waals surface area contributed by atoms with Crippen LogP contribution in [0, 0.1) is 0 Å². The zero-order valence-corrected chi connectivity index (χ0v) is 10.0. The van der Waals surface area contributed by atoms with Crippen LogP contribution in [-0.4, -0.2) is 43.4 Å². The molecule has 1 aromatic rings. The van der Waals surface area contributed by atoms with Crippen molar-refractivity contribution in [2.24, 2.45) is 0 Å². The van der Waals surface area contributed by atoms with Gasteiger partial charge in [-0.2, -0.15) is 0 Å². The summed E-state index contributed by atoms with van der Waals surface area (Å²) < 4.78 is 0. The highest BCUT2D eigenvalue weighted by atomic mass is 35.5. The number of hydrogen-bond donors (Lipinski definition) is 1. The van der Waals surface area contributed by atoms with E-state index >= 15 is 0 Å². The molecule has 0 unspecified atom stereocenters. The van der Waals surface area contributed by atoms with E-state index in [2.05, 4.69) is 22.1 Å². The van der Waals surface area contributed by atoms with Gasteiger partial charge in [0.2, 0.25) is 0 Å². The highest BCUT2D eigenvalue weighted by molar-refractivity contribution is 6.33. The van der Waals surface area contributed by atoms with Gasteiger partial charge in [0.1, 0.15) is 0 Å². The van der Waals surface area contributed by atoms with E-state index in [-0.39, 0.29) is 0 Å². The Morgan fingerprint density at radius 1 is 1.27 bits per heavy atom.